The number of nitrogens with two attached hydrogens (primary N) is 1. The third-order valence-electron chi connectivity index (χ3n) is 12.7. The van der Waals surface area contributed by atoms with Crippen LogP contribution in [-0.4, -0.2) is 109 Å². The van der Waals surface area contributed by atoms with E-state index in [0.29, 0.717) is 38.0 Å². The highest BCUT2D eigenvalue weighted by molar-refractivity contribution is 7.90. The number of urea groups is 1. The van der Waals surface area contributed by atoms with E-state index in [0.717, 1.165) is 115 Å². The summed E-state index contributed by atoms with van der Waals surface area (Å²) in [6.07, 6.45) is 14.9. The first kappa shape index (κ1) is 39.5. The maximum absolute atomic E-state index is 12.6. The summed E-state index contributed by atoms with van der Waals surface area (Å²) < 4.78 is 64.5. The fourth-order valence-electron chi connectivity index (χ4n) is 9.51. The second-order valence-corrected chi connectivity index (χ2v) is 20.6. The van der Waals surface area contributed by atoms with Gasteiger partial charge in [-0.15, -0.1) is 5.26 Å². The van der Waals surface area contributed by atoms with Gasteiger partial charge in [0.25, 0.3) is 6.26 Å². The molecule has 4 aliphatic heterocycles. The monoisotopic (exact) mass is 810 g/mol. The highest BCUT2D eigenvalue weighted by Crippen LogP contribution is 2.41. The molecule has 0 radical (unpaired) electrons. The quantitative estimate of drug-likeness (QED) is 0.316. The van der Waals surface area contributed by atoms with Crippen LogP contribution in [0.5, 0.6) is 5.75 Å². The molecule has 56 heavy (non-hydrogen) atoms. The van der Waals surface area contributed by atoms with Gasteiger partial charge in [-0.25, -0.2) is 31.5 Å². The van der Waals surface area contributed by atoms with Gasteiger partial charge >= 0.3 is 6.03 Å². The average molecular weight is 811 g/mol. The van der Waals surface area contributed by atoms with Crippen LogP contribution >= 0.6 is 0 Å². The van der Waals surface area contributed by atoms with E-state index in [2.05, 4.69) is 32.0 Å². The zero-order valence-electron chi connectivity index (χ0n) is 32.0. The standard InChI is InChI=1S/C20H27N3O4S.C13H13NO.C7H14N2O3S/c24-20(22-28(25,26)16-9-23(10-16)8-13-11-27-12-13)21-19-17-5-1-3-14(17)7-15-4-2-6-18(15)19;14-8-15-13-11-5-1-3-9(11)7-10-4-2-6-12(10)13;8-13(10,11)7-2-9(3-7)1-6-4-12-5-6/h7,13,16H,1-6,8-12H2,(H2,21,22,24);7H,1-6H2;6-7H,1-5H2,(H2,8,10,11). The number of anilines is 1. The average Bonchev–Trinajstić information content (AvgIpc) is 3.88. The van der Waals surface area contributed by atoms with Crippen LogP contribution < -0.4 is 19.9 Å². The Morgan fingerprint density at radius 3 is 1.55 bits per heavy atom. The number of amides is 2. The van der Waals surface area contributed by atoms with Crippen molar-refractivity contribution in [2.45, 2.75) is 87.5 Å². The van der Waals surface area contributed by atoms with Crippen molar-refractivity contribution in [3.8, 4) is 12.0 Å². The molecule has 4 N–H and O–H groups in total. The number of primary sulfonamides is 1. The van der Waals surface area contributed by atoms with Crippen molar-refractivity contribution in [3.05, 3.63) is 56.6 Å². The summed E-state index contributed by atoms with van der Waals surface area (Å²) in [4.78, 5) is 16.8. The molecule has 10 rings (SSSR count). The molecule has 0 aromatic heterocycles. The Kier molecular flexibility index (Phi) is 11.7. The number of nitrogens with zero attached hydrogens (tertiary/aromatic N) is 3. The van der Waals surface area contributed by atoms with Crippen LogP contribution in [0.1, 0.15) is 70.2 Å². The van der Waals surface area contributed by atoms with Crippen molar-refractivity contribution in [2.75, 3.05) is 71.0 Å². The Bertz CT molecular complexity index is 2020. The van der Waals surface area contributed by atoms with E-state index < -0.39 is 31.3 Å². The van der Waals surface area contributed by atoms with Gasteiger partial charge in [0.15, 0.2) is 0 Å². The first-order valence-electron chi connectivity index (χ1n) is 20.3. The van der Waals surface area contributed by atoms with E-state index >= 15 is 0 Å². The number of hydrogen-bond donors (Lipinski definition) is 3. The van der Waals surface area contributed by atoms with E-state index in [1.54, 1.807) is 0 Å². The smallest absolute Gasteiger partial charge is 0.332 e. The minimum absolute atomic E-state index is 0.339. The van der Waals surface area contributed by atoms with Gasteiger partial charge in [0, 0.05) is 56.8 Å². The fourth-order valence-corrected chi connectivity index (χ4v) is 11.6. The number of benzene rings is 2. The molecule has 2 aromatic rings. The molecular formula is C40H54N6O8S2. The highest BCUT2D eigenvalue weighted by atomic mass is 32.2. The maximum Gasteiger partial charge on any atom is 0.332 e. The van der Waals surface area contributed by atoms with Crippen molar-refractivity contribution in [3.63, 3.8) is 0 Å². The number of nitriles is 1. The lowest BCUT2D eigenvalue weighted by Crippen LogP contribution is -2.60. The van der Waals surface area contributed by atoms with Crippen LogP contribution in [-0.2, 0) is 80.9 Å². The van der Waals surface area contributed by atoms with Crippen LogP contribution in [0.25, 0.3) is 0 Å². The third-order valence-corrected chi connectivity index (χ3v) is 15.6. The summed E-state index contributed by atoms with van der Waals surface area (Å²) in [7, 11) is -6.96. The SMILES string of the molecule is N#COc1c2c(cc3c1CCC3)CCC2.NS(=O)(=O)C1CN(CC2COC2)C1.O=C(Nc1c2c(cc3c1CCC3)CCC2)NS(=O)(=O)C1CN(CC2COC2)C1. The van der Waals surface area contributed by atoms with E-state index in [-0.39, 0.29) is 5.25 Å². The van der Waals surface area contributed by atoms with Crippen molar-refractivity contribution >= 4 is 31.8 Å². The molecule has 0 spiro atoms. The van der Waals surface area contributed by atoms with Gasteiger partial charge < -0.3 is 29.3 Å². The number of carbonyl (C=O) groups excluding carboxylic acids is 1. The molecule has 0 saturated carbocycles. The molecule has 2 aromatic carbocycles. The van der Waals surface area contributed by atoms with E-state index in [1.807, 2.05) is 6.26 Å². The number of likely N-dealkylation sites (tertiary alicyclic amines) is 2. The molecule has 4 saturated heterocycles. The molecule has 304 valence electrons. The van der Waals surface area contributed by atoms with Crippen LogP contribution in [0.4, 0.5) is 10.5 Å². The van der Waals surface area contributed by atoms with E-state index in [1.165, 1.54) is 57.3 Å². The molecule has 14 nitrogen and oxygen atoms in total. The van der Waals surface area contributed by atoms with Crippen molar-refractivity contribution in [1.82, 2.24) is 14.5 Å². The number of carbonyl (C=O) groups is 1. The summed E-state index contributed by atoms with van der Waals surface area (Å²) in [6, 6.07) is 4.01. The number of sulfonamides is 2. The van der Waals surface area contributed by atoms with E-state index in [4.69, 9.17) is 24.6 Å². The number of fused-ring (bicyclic) bond motifs is 4. The van der Waals surface area contributed by atoms with Gasteiger partial charge in [0.2, 0.25) is 20.0 Å². The Morgan fingerprint density at radius 1 is 0.714 bits per heavy atom. The summed E-state index contributed by atoms with van der Waals surface area (Å²) >= 11 is 0. The molecule has 4 aliphatic carbocycles. The summed E-state index contributed by atoms with van der Waals surface area (Å²) in [6.45, 7) is 7.13. The summed E-state index contributed by atoms with van der Waals surface area (Å²) in [5.41, 5.74) is 11.3. The predicted molar refractivity (Wildman–Crippen MR) is 210 cm³/mol. The fraction of sp³-hybridized carbons (Fsp3) is 0.650. The number of rotatable bonds is 9. The number of nitrogens with one attached hydrogen (secondary N) is 2. The molecular weight excluding hydrogens is 757 g/mol. The maximum atomic E-state index is 12.6. The summed E-state index contributed by atoms with van der Waals surface area (Å²) in [5.74, 6) is 2.02. The minimum atomic E-state index is -3.66. The largest absolute Gasteiger partial charge is 0.387 e. The molecule has 4 fully saturated rings. The van der Waals surface area contributed by atoms with Gasteiger partial charge in [0.05, 0.1) is 26.4 Å². The molecule has 0 unspecified atom stereocenters. The topological polar surface area (TPSA) is 193 Å². The predicted octanol–water partition coefficient (Wildman–Crippen LogP) is 2.58. The van der Waals surface area contributed by atoms with Gasteiger partial charge in [-0.2, -0.15) is 0 Å². The molecule has 16 heteroatoms. The normalized spacial score (nSPS) is 21.9. The molecule has 8 aliphatic rings. The van der Waals surface area contributed by atoms with Crippen molar-refractivity contribution in [2.24, 2.45) is 17.0 Å². The highest BCUT2D eigenvalue weighted by Gasteiger charge is 2.40. The van der Waals surface area contributed by atoms with Crippen LogP contribution in [0.2, 0.25) is 0 Å². The lowest BCUT2D eigenvalue weighted by atomic mass is 9.99. The van der Waals surface area contributed by atoms with Gasteiger partial charge in [-0.05, 0) is 122 Å². The Morgan fingerprint density at radius 2 is 1.14 bits per heavy atom. The molecule has 0 bridgehead atoms. The van der Waals surface area contributed by atoms with Crippen LogP contribution in [0.3, 0.4) is 0 Å². The lowest BCUT2D eigenvalue weighted by molar-refractivity contribution is -0.0530. The third kappa shape index (κ3) is 8.60. The van der Waals surface area contributed by atoms with Crippen molar-refractivity contribution in [1.29, 1.82) is 5.26 Å². The lowest BCUT2D eigenvalue weighted by Gasteiger charge is -2.41. The zero-order chi connectivity index (χ0) is 39.0. The van der Waals surface area contributed by atoms with Gasteiger partial charge in [0.1, 0.15) is 16.2 Å². The Hall–Kier alpha value is -3.30. The van der Waals surface area contributed by atoms with Crippen molar-refractivity contribution < 1.29 is 35.8 Å². The van der Waals surface area contributed by atoms with E-state index in [9.17, 15) is 21.6 Å². The van der Waals surface area contributed by atoms with Gasteiger partial charge in [-0.1, -0.05) is 12.1 Å². The summed E-state index contributed by atoms with van der Waals surface area (Å²) in [5, 5.41) is 15.8. The molecule has 0 atom stereocenters. The second-order valence-electron chi connectivity index (χ2n) is 16.8. The van der Waals surface area contributed by atoms with Gasteiger partial charge in [-0.3, -0.25) is 0 Å². The first-order chi connectivity index (χ1) is 26.9. The van der Waals surface area contributed by atoms with Crippen LogP contribution in [0, 0.1) is 23.4 Å². The number of hydrogen-bond acceptors (Lipinski definition) is 11. The minimum Gasteiger partial charge on any atom is -0.387 e. The molecule has 2 amide bonds. The second kappa shape index (κ2) is 16.5. The van der Waals surface area contributed by atoms with Crippen LogP contribution in [0.15, 0.2) is 12.1 Å². The molecule has 4 heterocycles. The number of aryl methyl sites for hydroxylation is 4. The zero-order valence-corrected chi connectivity index (χ0v) is 33.7. The first-order valence-corrected chi connectivity index (χ1v) is 23.4. The Labute approximate surface area is 330 Å². The Balaban J connectivity index is 0.000000132. The number of ether oxygens (including phenoxy) is 3.